The molecule has 0 aliphatic rings. The molecule has 9 nitrogen and oxygen atoms in total. The van der Waals surface area contributed by atoms with Crippen molar-refractivity contribution in [2.45, 2.75) is 19.3 Å². The number of aromatic nitrogens is 1. The van der Waals surface area contributed by atoms with Gasteiger partial charge in [-0.05, 0) is 48.2 Å². The number of aliphatic carboxylic acids is 1. The van der Waals surface area contributed by atoms with Crippen LogP contribution >= 0.6 is 0 Å². The molecule has 0 radical (unpaired) electrons. The highest BCUT2D eigenvalue weighted by Crippen LogP contribution is 2.26. The Morgan fingerprint density at radius 2 is 1.70 bits per heavy atom. The van der Waals surface area contributed by atoms with Crippen LogP contribution in [-0.2, 0) is 4.79 Å². The van der Waals surface area contributed by atoms with Crippen LogP contribution in [0.5, 0.6) is 0 Å². The lowest BCUT2D eigenvalue weighted by atomic mass is 9.97. The van der Waals surface area contributed by atoms with Gasteiger partial charge in [-0.1, -0.05) is 30.3 Å². The van der Waals surface area contributed by atoms with E-state index in [4.69, 9.17) is 5.11 Å². The van der Waals surface area contributed by atoms with E-state index in [1.807, 2.05) is 24.3 Å². The molecule has 2 amide bonds. The summed E-state index contributed by atoms with van der Waals surface area (Å²) in [6.45, 7) is 0. The first-order valence-electron chi connectivity index (χ1n) is 10.2. The van der Waals surface area contributed by atoms with Crippen LogP contribution in [0, 0.1) is 10.1 Å². The predicted molar refractivity (Wildman–Crippen MR) is 125 cm³/mol. The van der Waals surface area contributed by atoms with Crippen LogP contribution in [0.1, 0.15) is 30.4 Å². The monoisotopic (exact) mass is 446 g/mol. The summed E-state index contributed by atoms with van der Waals surface area (Å²) >= 11 is 0. The van der Waals surface area contributed by atoms with Crippen molar-refractivity contribution in [2.75, 3.05) is 10.6 Å². The quantitative estimate of drug-likeness (QED) is 0.231. The molecular formula is C24H22N4O5. The molecule has 0 bridgehead atoms. The largest absolute Gasteiger partial charge is 0.481 e. The molecule has 9 heteroatoms. The van der Waals surface area contributed by atoms with Gasteiger partial charge in [-0.15, -0.1) is 0 Å². The van der Waals surface area contributed by atoms with E-state index in [1.54, 1.807) is 36.7 Å². The first-order valence-corrected chi connectivity index (χ1v) is 10.2. The fourth-order valence-electron chi connectivity index (χ4n) is 3.18. The number of rotatable bonds is 9. The zero-order valence-corrected chi connectivity index (χ0v) is 17.6. The number of nitro groups is 1. The Morgan fingerprint density at radius 3 is 2.36 bits per heavy atom. The molecule has 0 aliphatic heterocycles. The smallest absolute Gasteiger partial charge is 0.323 e. The van der Waals surface area contributed by atoms with Gasteiger partial charge in [0.1, 0.15) is 0 Å². The minimum absolute atomic E-state index is 0.0796. The van der Waals surface area contributed by atoms with E-state index < -0.39 is 16.9 Å². The van der Waals surface area contributed by atoms with Crippen molar-refractivity contribution in [1.82, 2.24) is 4.98 Å². The van der Waals surface area contributed by atoms with E-state index in [0.29, 0.717) is 24.2 Å². The molecule has 33 heavy (non-hydrogen) atoms. The van der Waals surface area contributed by atoms with Gasteiger partial charge in [-0.2, -0.15) is 0 Å². The number of carbonyl (C=O) groups excluding carboxylic acids is 1. The van der Waals surface area contributed by atoms with E-state index in [1.165, 1.54) is 18.2 Å². The first-order chi connectivity index (χ1) is 15.9. The SMILES string of the molecule is O=C(O)CCC/C=C(\c1cccnc1)c1cccc(NC(=O)Nc2cccc([N+](=O)[O-])c2)c1. The summed E-state index contributed by atoms with van der Waals surface area (Å²) in [5.74, 6) is -0.840. The number of hydrogen-bond acceptors (Lipinski definition) is 5. The highest BCUT2D eigenvalue weighted by Gasteiger charge is 2.10. The molecule has 0 unspecified atom stereocenters. The molecule has 168 valence electrons. The number of benzene rings is 2. The van der Waals surface area contributed by atoms with Crippen molar-refractivity contribution in [1.29, 1.82) is 0 Å². The van der Waals surface area contributed by atoms with E-state index >= 15 is 0 Å². The molecule has 2 aromatic carbocycles. The van der Waals surface area contributed by atoms with Crippen molar-refractivity contribution >= 4 is 34.6 Å². The summed E-state index contributed by atoms with van der Waals surface area (Å²) in [6.07, 6.45) is 6.50. The zero-order valence-electron chi connectivity index (χ0n) is 17.6. The number of nitrogens with one attached hydrogen (secondary N) is 2. The van der Waals surface area contributed by atoms with Gasteiger partial charge < -0.3 is 15.7 Å². The maximum atomic E-state index is 12.4. The van der Waals surface area contributed by atoms with Crippen LogP contribution in [0.2, 0.25) is 0 Å². The molecule has 0 saturated heterocycles. The minimum Gasteiger partial charge on any atom is -0.481 e. The number of hydrogen-bond donors (Lipinski definition) is 3. The Labute approximate surface area is 190 Å². The second-order valence-corrected chi connectivity index (χ2v) is 7.11. The zero-order chi connectivity index (χ0) is 23.6. The van der Waals surface area contributed by atoms with Gasteiger partial charge in [0.2, 0.25) is 0 Å². The molecule has 0 spiro atoms. The highest BCUT2D eigenvalue weighted by atomic mass is 16.6. The molecule has 1 aromatic heterocycles. The molecule has 0 saturated carbocycles. The summed E-state index contributed by atoms with van der Waals surface area (Å²) in [5.41, 5.74) is 3.26. The number of non-ortho nitro benzene ring substituents is 1. The Bertz CT molecular complexity index is 1180. The number of pyridine rings is 1. The van der Waals surface area contributed by atoms with Gasteiger partial charge in [0.05, 0.1) is 4.92 Å². The van der Waals surface area contributed by atoms with Crippen molar-refractivity contribution < 1.29 is 19.6 Å². The summed E-state index contributed by atoms with van der Waals surface area (Å²) in [7, 11) is 0. The maximum absolute atomic E-state index is 12.4. The van der Waals surface area contributed by atoms with Gasteiger partial charge in [0, 0.05) is 47.9 Å². The average molecular weight is 446 g/mol. The summed E-state index contributed by atoms with van der Waals surface area (Å²) in [6, 6.07) is 16.0. The van der Waals surface area contributed by atoms with Crippen molar-refractivity contribution in [3.63, 3.8) is 0 Å². The van der Waals surface area contributed by atoms with Crippen molar-refractivity contribution in [3.8, 4) is 0 Å². The molecule has 3 aromatic rings. The van der Waals surface area contributed by atoms with Crippen LogP contribution < -0.4 is 10.6 Å². The highest BCUT2D eigenvalue weighted by molar-refractivity contribution is 6.00. The minimum atomic E-state index is -0.840. The molecule has 3 rings (SSSR count). The fraction of sp³-hybridized carbons (Fsp3) is 0.125. The number of urea groups is 1. The van der Waals surface area contributed by atoms with E-state index in [2.05, 4.69) is 15.6 Å². The third kappa shape index (κ3) is 7.00. The molecule has 0 fully saturated rings. The molecule has 1 heterocycles. The molecule has 0 atom stereocenters. The Kier molecular flexibility index (Phi) is 7.85. The number of allylic oxidation sites excluding steroid dienone is 1. The Balaban J connectivity index is 1.77. The number of nitrogens with zero attached hydrogens (tertiary/aromatic N) is 2. The number of carbonyl (C=O) groups is 2. The average Bonchev–Trinajstić information content (AvgIpc) is 2.79. The summed E-state index contributed by atoms with van der Waals surface area (Å²) < 4.78 is 0. The van der Waals surface area contributed by atoms with Crippen LogP contribution in [0.4, 0.5) is 21.9 Å². The predicted octanol–water partition coefficient (Wildman–Crippen LogP) is 5.32. The number of carboxylic acid groups (broad SMARTS) is 1. The van der Waals surface area contributed by atoms with Crippen LogP contribution in [0.25, 0.3) is 5.57 Å². The van der Waals surface area contributed by atoms with Crippen molar-refractivity contribution in [3.05, 3.63) is 100 Å². The van der Waals surface area contributed by atoms with Gasteiger partial charge in [-0.3, -0.25) is 19.9 Å². The van der Waals surface area contributed by atoms with E-state index in [-0.39, 0.29) is 12.1 Å². The maximum Gasteiger partial charge on any atom is 0.323 e. The van der Waals surface area contributed by atoms with Crippen LogP contribution in [0.3, 0.4) is 0 Å². The number of nitro benzene ring substituents is 1. The van der Waals surface area contributed by atoms with Gasteiger partial charge >= 0.3 is 12.0 Å². The molecular weight excluding hydrogens is 424 g/mol. The van der Waals surface area contributed by atoms with Gasteiger partial charge in [0.25, 0.3) is 5.69 Å². The van der Waals surface area contributed by atoms with Gasteiger partial charge in [0.15, 0.2) is 0 Å². The fourth-order valence-corrected chi connectivity index (χ4v) is 3.18. The van der Waals surface area contributed by atoms with Crippen molar-refractivity contribution in [2.24, 2.45) is 0 Å². The number of carboxylic acids is 1. The third-order valence-corrected chi connectivity index (χ3v) is 4.66. The number of anilines is 2. The number of unbranched alkanes of at least 4 members (excludes halogenated alkanes) is 1. The first kappa shape index (κ1) is 23.1. The normalized spacial score (nSPS) is 11.0. The standard InChI is InChI=1S/C24H22N4O5/c29-23(30)12-2-1-11-22(18-7-5-13-25-16-18)17-6-3-8-19(14-17)26-24(31)27-20-9-4-10-21(15-20)28(32)33/h3-11,13-16H,1-2,12H2,(H,29,30)(H2,26,27,31)/b22-11-. The Morgan fingerprint density at radius 1 is 1.00 bits per heavy atom. The topological polar surface area (TPSA) is 134 Å². The van der Waals surface area contributed by atoms with Crippen LogP contribution in [0.15, 0.2) is 79.1 Å². The van der Waals surface area contributed by atoms with E-state index in [0.717, 1.165) is 16.7 Å². The lowest BCUT2D eigenvalue weighted by Gasteiger charge is -2.12. The van der Waals surface area contributed by atoms with Gasteiger partial charge in [-0.25, -0.2) is 4.79 Å². The second-order valence-electron chi connectivity index (χ2n) is 7.11. The Hall–Kier alpha value is -4.53. The summed E-state index contributed by atoms with van der Waals surface area (Å²) in [5, 5.41) is 25.1. The second kappa shape index (κ2) is 11.2. The summed E-state index contributed by atoms with van der Waals surface area (Å²) in [4.78, 5) is 37.8. The van der Waals surface area contributed by atoms with Crippen LogP contribution in [-0.4, -0.2) is 27.0 Å². The lowest BCUT2D eigenvalue weighted by Crippen LogP contribution is -2.19. The third-order valence-electron chi connectivity index (χ3n) is 4.66. The molecule has 0 aliphatic carbocycles. The molecule has 3 N–H and O–H groups in total. The van der Waals surface area contributed by atoms with E-state index in [9.17, 15) is 19.7 Å². The number of amides is 2. The lowest BCUT2D eigenvalue weighted by molar-refractivity contribution is -0.384.